The fraction of sp³-hybridized carbons (Fsp3) is 0.759. The number of rotatable bonds is 17. The van der Waals surface area contributed by atoms with Crippen molar-refractivity contribution in [2.24, 2.45) is 5.92 Å². The third-order valence-electron chi connectivity index (χ3n) is 7.42. The van der Waals surface area contributed by atoms with E-state index in [0.29, 0.717) is 11.7 Å². The van der Waals surface area contributed by atoms with E-state index >= 15 is 0 Å². The lowest BCUT2D eigenvalue weighted by Gasteiger charge is -2.40. The molecular weight excluding hydrogens is 458 g/mol. The average Bonchev–Trinajstić information content (AvgIpc) is 2.78. The normalized spacial score (nSPS) is 20.6. The number of unbranched alkanes of at least 4 members (excludes halogenated alkanes) is 12. The van der Waals surface area contributed by atoms with Crippen LogP contribution in [-0.4, -0.2) is 30.4 Å². The van der Waals surface area contributed by atoms with E-state index < -0.39 is 0 Å². The van der Waals surface area contributed by atoms with Gasteiger partial charge >= 0.3 is 0 Å². The van der Waals surface area contributed by atoms with Crippen molar-refractivity contribution in [3.8, 4) is 0 Å². The number of nitrogens with zero attached hydrogens (tertiary/aromatic N) is 1. The first-order chi connectivity index (χ1) is 15.1. The minimum Gasteiger partial charge on any atom is -1.00 e. The summed E-state index contributed by atoms with van der Waals surface area (Å²) in [7, 11) is 2.36. The quantitative estimate of drug-likeness (QED) is 0.212. The Morgan fingerprint density at radius 2 is 1.25 bits per heavy atom. The first kappa shape index (κ1) is 29.4. The maximum atomic E-state index is 12.7. The van der Waals surface area contributed by atoms with Gasteiger partial charge in [-0.3, -0.25) is 4.79 Å². The van der Waals surface area contributed by atoms with Crippen molar-refractivity contribution in [1.82, 2.24) is 0 Å². The van der Waals surface area contributed by atoms with Crippen LogP contribution in [0.4, 0.5) is 0 Å². The van der Waals surface area contributed by atoms with Gasteiger partial charge in [0.15, 0.2) is 0 Å². The summed E-state index contributed by atoms with van der Waals surface area (Å²) in [6, 6.07) is 10.8. The molecule has 0 aromatic heterocycles. The fourth-order valence-electron chi connectivity index (χ4n) is 5.22. The highest BCUT2D eigenvalue weighted by molar-refractivity contribution is 5.81. The molecule has 1 heterocycles. The number of Topliss-reactive ketones (excluding diaryl/α,β-unsaturated/α-hetero) is 1. The largest absolute Gasteiger partial charge is 1.00 e. The van der Waals surface area contributed by atoms with Crippen LogP contribution in [0.3, 0.4) is 0 Å². The number of carbonyl (C=O) groups excluding carboxylic acids is 1. The van der Waals surface area contributed by atoms with E-state index in [9.17, 15) is 4.79 Å². The van der Waals surface area contributed by atoms with Crippen LogP contribution in [-0.2, 0) is 11.3 Å². The molecule has 32 heavy (non-hydrogen) atoms. The Kier molecular flexibility index (Phi) is 16.3. The summed E-state index contributed by atoms with van der Waals surface area (Å²) < 4.78 is 1.09. The van der Waals surface area contributed by atoms with Crippen molar-refractivity contribution in [2.75, 3.05) is 20.1 Å². The Hall–Kier alpha value is -0.670. The lowest BCUT2D eigenvalue weighted by molar-refractivity contribution is -0.927. The van der Waals surface area contributed by atoms with E-state index in [0.717, 1.165) is 49.8 Å². The Labute approximate surface area is 209 Å². The van der Waals surface area contributed by atoms with Gasteiger partial charge in [0.2, 0.25) is 0 Å². The molecule has 2 nitrogen and oxygen atoms in total. The van der Waals surface area contributed by atoms with Gasteiger partial charge < -0.3 is 21.5 Å². The zero-order valence-electron chi connectivity index (χ0n) is 21.1. The van der Waals surface area contributed by atoms with E-state index in [1.54, 1.807) is 0 Å². The van der Waals surface area contributed by atoms with Crippen LogP contribution >= 0.6 is 0 Å². The van der Waals surface area contributed by atoms with Crippen molar-refractivity contribution >= 4 is 5.78 Å². The van der Waals surface area contributed by atoms with Crippen LogP contribution in [0.25, 0.3) is 0 Å². The molecule has 1 saturated heterocycles. The van der Waals surface area contributed by atoms with Gasteiger partial charge in [0, 0.05) is 30.7 Å². The summed E-state index contributed by atoms with van der Waals surface area (Å²) in [5, 5.41) is 0. The molecule has 2 rings (SSSR count). The molecule has 3 heteroatoms. The first-order valence-corrected chi connectivity index (χ1v) is 13.5. The molecule has 0 radical (unpaired) electrons. The monoisotopic (exact) mass is 507 g/mol. The third-order valence-corrected chi connectivity index (χ3v) is 7.42. The molecule has 0 spiro atoms. The second-order valence-corrected chi connectivity index (χ2v) is 10.4. The summed E-state index contributed by atoms with van der Waals surface area (Å²) in [4.78, 5) is 12.7. The number of quaternary nitrogens is 1. The smallest absolute Gasteiger partial charge is 0.136 e. The predicted octanol–water partition coefficient (Wildman–Crippen LogP) is 5.10. The number of ketones is 1. The van der Waals surface area contributed by atoms with Gasteiger partial charge in [0.1, 0.15) is 12.3 Å². The molecule has 1 aromatic carbocycles. The van der Waals surface area contributed by atoms with E-state index in [1.165, 1.54) is 82.6 Å². The zero-order chi connectivity index (χ0) is 22.2. The SMILES string of the molecule is CCCCCCCCCCCCCCCC(=O)C1CC[N+](C)(Cc2ccccc2)CC1.[Br-]. The molecule has 0 N–H and O–H groups in total. The van der Waals surface area contributed by atoms with E-state index in [2.05, 4.69) is 44.3 Å². The predicted molar refractivity (Wildman–Crippen MR) is 134 cm³/mol. The molecule has 184 valence electrons. The highest BCUT2D eigenvalue weighted by atomic mass is 79.9. The zero-order valence-corrected chi connectivity index (χ0v) is 22.7. The number of likely N-dealkylation sites (tertiary alicyclic amines) is 1. The van der Waals surface area contributed by atoms with Gasteiger partial charge in [0.25, 0.3) is 0 Å². The maximum absolute atomic E-state index is 12.7. The Morgan fingerprint density at radius 1 is 0.781 bits per heavy atom. The standard InChI is InChI=1S/C29H50NO.BrH/c1-3-4-5-6-7-8-9-10-11-12-13-14-18-21-29(31)28-22-24-30(2,25-23-28)26-27-19-16-15-17-20-27;/h15-17,19-20,28H,3-14,18,21-26H2,1-2H3;1H/q+1;/p-1. The summed E-state index contributed by atoms with van der Waals surface area (Å²) in [6.07, 6.45) is 20.8. The van der Waals surface area contributed by atoms with E-state index in [1.807, 2.05) is 0 Å². The molecule has 0 saturated carbocycles. The first-order valence-electron chi connectivity index (χ1n) is 13.5. The average molecular weight is 509 g/mol. The molecule has 0 bridgehead atoms. The highest BCUT2D eigenvalue weighted by Crippen LogP contribution is 2.26. The van der Waals surface area contributed by atoms with Gasteiger partial charge in [-0.25, -0.2) is 0 Å². The Morgan fingerprint density at radius 3 is 1.75 bits per heavy atom. The summed E-state index contributed by atoms with van der Waals surface area (Å²) in [5.41, 5.74) is 1.42. The van der Waals surface area contributed by atoms with Crippen molar-refractivity contribution in [3.63, 3.8) is 0 Å². The van der Waals surface area contributed by atoms with Crippen LogP contribution in [0.2, 0.25) is 0 Å². The third kappa shape index (κ3) is 12.5. The molecule has 1 aliphatic rings. The minimum absolute atomic E-state index is 0. The van der Waals surface area contributed by atoms with Crippen LogP contribution in [0, 0.1) is 5.92 Å². The van der Waals surface area contributed by atoms with Crippen molar-refractivity contribution in [3.05, 3.63) is 35.9 Å². The summed E-state index contributed by atoms with van der Waals surface area (Å²) in [5.74, 6) is 0.883. The number of carbonyl (C=O) groups is 1. The minimum atomic E-state index is 0. The van der Waals surface area contributed by atoms with Crippen LogP contribution in [0.15, 0.2) is 30.3 Å². The summed E-state index contributed by atoms with van der Waals surface area (Å²) >= 11 is 0. The molecular formula is C29H50BrNO. The molecule has 0 aliphatic carbocycles. The Balaban J connectivity index is 0.00000512. The molecule has 0 amide bonds. The number of hydrogen-bond donors (Lipinski definition) is 0. The number of piperidine rings is 1. The van der Waals surface area contributed by atoms with E-state index in [-0.39, 0.29) is 17.0 Å². The second kappa shape index (κ2) is 17.8. The van der Waals surface area contributed by atoms with Crippen LogP contribution in [0.5, 0.6) is 0 Å². The molecule has 0 unspecified atom stereocenters. The second-order valence-electron chi connectivity index (χ2n) is 10.4. The Bertz CT molecular complexity index is 580. The molecule has 1 aliphatic heterocycles. The van der Waals surface area contributed by atoms with Crippen molar-refractivity contribution in [1.29, 1.82) is 0 Å². The van der Waals surface area contributed by atoms with Crippen LogP contribution < -0.4 is 17.0 Å². The maximum Gasteiger partial charge on any atom is 0.136 e. The lowest BCUT2D eigenvalue weighted by atomic mass is 9.88. The number of hydrogen-bond acceptors (Lipinski definition) is 1. The van der Waals surface area contributed by atoms with Crippen molar-refractivity contribution < 1.29 is 26.3 Å². The fourth-order valence-corrected chi connectivity index (χ4v) is 5.22. The van der Waals surface area contributed by atoms with Gasteiger partial charge in [-0.2, -0.15) is 0 Å². The summed E-state index contributed by atoms with van der Waals surface area (Å²) in [6.45, 7) is 5.67. The number of halogens is 1. The molecule has 1 fully saturated rings. The van der Waals surface area contributed by atoms with Crippen LogP contribution in [0.1, 0.15) is 115 Å². The van der Waals surface area contributed by atoms with Gasteiger partial charge in [-0.15, -0.1) is 0 Å². The van der Waals surface area contributed by atoms with Gasteiger partial charge in [-0.05, 0) is 6.42 Å². The van der Waals surface area contributed by atoms with E-state index in [4.69, 9.17) is 0 Å². The van der Waals surface area contributed by atoms with Crippen molar-refractivity contribution in [2.45, 2.75) is 116 Å². The highest BCUT2D eigenvalue weighted by Gasteiger charge is 2.32. The molecule has 0 atom stereocenters. The number of benzene rings is 1. The topological polar surface area (TPSA) is 17.1 Å². The van der Waals surface area contributed by atoms with Gasteiger partial charge in [0.05, 0.1) is 20.1 Å². The lowest BCUT2D eigenvalue weighted by Crippen LogP contribution is -3.00. The van der Waals surface area contributed by atoms with Gasteiger partial charge in [-0.1, -0.05) is 114 Å². The molecule has 1 aromatic rings.